The molecule has 0 spiro atoms. The fourth-order valence-electron chi connectivity index (χ4n) is 2.86. The third-order valence-electron chi connectivity index (χ3n) is 4.38. The molecular formula is C19H21N9O. The van der Waals surface area contributed by atoms with Gasteiger partial charge in [0.25, 0.3) is 5.91 Å². The molecule has 10 nitrogen and oxygen atoms in total. The molecule has 1 aromatic carbocycles. The standard InChI is InChI=1S/C19H21N9O/c1-3-26-11-9-16(21-26)13-25(2)19(29)17-10-12-27(22-17)14-28-23-18(20-24-28)15-7-5-4-6-8-15/h4-12H,3,13-14H2,1-2H3. The van der Waals surface area contributed by atoms with E-state index in [1.54, 1.807) is 28.9 Å². The van der Waals surface area contributed by atoms with Gasteiger partial charge in [-0.3, -0.25) is 9.48 Å². The third kappa shape index (κ3) is 4.21. The minimum atomic E-state index is -0.175. The Hall–Kier alpha value is -3.82. The van der Waals surface area contributed by atoms with Gasteiger partial charge in [0.15, 0.2) is 6.67 Å². The number of amides is 1. The van der Waals surface area contributed by atoms with E-state index in [4.69, 9.17) is 0 Å². The van der Waals surface area contributed by atoms with Crippen molar-refractivity contribution in [2.24, 2.45) is 0 Å². The lowest BCUT2D eigenvalue weighted by Crippen LogP contribution is -2.27. The first-order chi connectivity index (χ1) is 14.1. The number of carbonyl (C=O) groups is 1. The monoisotopic (exact) mass is 391 g/mol. The van der Waals surface area contributed by atoms with E-state index in [2.05, 4.69) is 25.6 Å². The zero-order valence-corrected chi connectivity index (χ0v) is 16.3. The molecule has 0 unspecified atom stereocenters. The van der Waals surface area contributed by atoms with Crippen molar-refractivity contribution in [1.82, 2.24) is 44.7 Å². The Morgan fingerprint density at radius 1 is 1.00 bits per heavy atom. The second-order valence-electron chi connectivity index (χ2n) is 6.56. The van der Waals surface area contributed by atoms with Crippen LogP contribution in [0.25, 0.3) is 11.4 Å². The number of tetrazole rings is 1. The van der Waals surface area contributed by atoms with Crippen LogP contribution in [0.3, 0.4) is 0 Å². The molecule has 29 heavy (non-hydrogen) atoms. The molecule has 0 aliphatic rings. The summed E-state index contributed by atoms with van der Waals surface area (Å²) in [6.45, 7) is 3.50. The van der Waals surface area contributed by atoms with Crippen LogP contribution in [0.1, 0.15) is 23.1 Å². The van der Waals surface area contributed by atoms with E-state index in [1.165, 1.54) is 4.80 Å². The number of nitrogens with zero attached hydrogens (tertiary/aromatic N) is 9. The summed E-state index contributed by atoms with van der Waals surface area (Å²) in [6, 6.07) is 13.2. The van der Waals surface area contributed by atoms with Crippen LogP contribution < -0.4 is 0 Å². The number of carbonyl (C=O) groups excluding carboxylic acids is 1. The average Bonchev–Trinajstić information content (AvgIpc) is 3.49. The van der Waals surface area contributed by atoms with Gasteiger partial charge in [0, 0.05) is 31.5 Å². The lowest BCUT2D eigenvalue weighted by atomic mass is 10.2. The normalized spacial score (nSPS) is 11.0. The van der Waals surface area contributed by atoms with Crippen LogP contribution in [-0.4, -0.2) is 57.6 Å². The van der Waals surface area contributed by atoms with Crippen LogP contribution in [0.15, 0.2) is 54.9 Å². The van der Waals surface area contributed by atoms with Crippen LogP contribution in [0.2, 0.25) is 0 Å². The van der Waals surface area contributed by atoms with Gasteiger partial charge >= 0.3 is 0 Å². The molecule has 0 bridgehead atoms. The summed E-state index contributed by atoms with van der Waals surface area (Å²) < 4.78 is 3.43. The minimum Gasteiger partial charge on any atom is -0.334 e. The van der Waals surface area contributed by atoms with Gasteiger partial charge in [-0.2, -0.15) is 10.2 Å². The molecule has 0 saturated heterocycles. The van der Waals surface area contributed by atoms with Gasteiger partial charge in [-0.25, -0.2) is 4.68 Å². The summed E-state index contributed by atoms with van der Waals surface area (Å²) in [6.07, 6.45) is 3.62. The van der Waals surface area contributed by atoms with Crippen LogP contribution >= 0.6 is 0 Å². The highest BCUT2D eigenvalue weighted by molar-refractivity contribution is 5.91. The predicted octanol–water partition coefficient (Wildman–Crippen LogP) is 1.53. The number of hydrogen-bond acceptors (Lipinski definition) is 6. The molecule has 0 N–H and O–H groups in total. The first-order valence-electron chi connectivity index (χ1n) is 9.27. The molecule has 0 saturated carbocycles. The van der Waals surface area contributed by atoms with Crippen molar-refractivity contribution >= 4 is 5.91 Å². The molecular weight excluding hydrogens is 370 g/mol. The highest BCUT2D eigenvalue weighted by Crippen LogP contribution is 2.12. The summed E-state index contributed by atoms with van der Waals surface area (Å²) in [5.74, 6) is 0.367. The molecule has 1 amide bonds. The minimum absolute atomic E-state index is 0.175. The van der Waals surface area contributed by atoms with E-state index in [-0.39, 0.29) is 12.6 Å². The molecule has 0 aliphatic carbocycles. The average molecular weight is 391 g/mol. The van der Waals surface area contributed by atoms with Crippen LogP contribution in [0, 0.1) is 0 Å². The zero-order chi connectivity index (χ0) is 20.2. The predicted molar refractivity (Wildman–Crippen MR) is 105 cm³/mol. The number of hydrogen-bond donors (Lipinski definition) is 0. The summed E-state index contributed by atoms with van der Waals surface area (Å²) >= 11 is 0. The summed E-state index contributed by atoms with van der Waals surface area (Å²) in [7, 11) is 1.73. The van der Waals surface area contributed by atoms with Crippen LogP contribution in [0.5, 0.6) is 0 Å². The SMILES string of the molecule is CCn1ccc(CN(C)C(=O)c2ccn(Cn3nnc(-c4ccccc4)n3)n2)n1. The van der Waals surface area contributed by atoms with E-state index < -0.39 is 0 Å². The van der Waals surface area contributed by atoms with Crippen molar-refractivity contribution in [2.45, 2.75) is 26.7 Å². The Bertz CT molecular complexity index is 1100. The second-order valence-corrected chi connectivity index (χ2v) is 6.56. The summed E-state index contributed by atoms with van der Waals surface area (Å²) in [5.41, 5.74) is 2.08. The lowest BCUT2D eigenvalue weighted by molar-refractivity contribution is 0.0776. The first kappa shape index (κ1) is 18.5. The zero-order valence-electron chi connectivity index (χ0n) is 16.3. The largest absolute Gasteiger partial charge is 0.334 e. The molecule has 148 valence electrons. The quantitative estimate of drug-likeness (QED) is 0.474. The maximum Gasteiger partial charge on any atom is 0.274 e. The number of aromatic nitrogens is 8. The fraction of sp³-hybridized carbons (Fsp3) is 0.263. The smallest absolute Gasteiger partial charge is 0.274 e. The van der Waals surface area contributed by atoms with Crippen LogP contribution in [-0.2, 0) is 19.8 Å². The van der Waals surface area contributed by atoms with E-state index in [1.807, 2.05) is 54.2 Å². The highest BCUT2D eigenvalue weighted by atomic mass is 16.2. The van der Waals surface area contributed by atoms with Crippen molar-refractivity contribution in [2.75, 3.05) is 7.05 Å². The number of rotatable bonds is 7. The molecule has 3 aromatic heterocycles. The van der Waals surface area contributed by atoms with Gasteiger partial charge in [0.05, 0.1) is 12.2 Å². The molecule has 4 rings (SSSR count). The van der Waals surface area contributed by atoms with Gasteiger partial charge in [-0.05, 0) is 24.3 Å². The van der Waals surface area contributed by atoms with Crippen LogP contribution in [0.4, 0.5) is 0 Å². The molecule has 0 atom stereocenters. The number of benzene rings is 1. The Labute approximate surface area is 167 Å². The van der Waals surface area contributed by atoms with Gasteiger partial charge in [0.1, 0.15) is 5.69 Å². The Morgan fingerprint density at radius 3 is 2.55 bits per heavy atom. The topological polar surface area (TPSA) is 99.6 Å². The Balaban J connectivity index is 1.40. The molecule has 3 heterocycles. The third-order valence-corrected chi connectivity index (χ3v) is 4.38. The van der Waals surface area contributed by atoms with Crippen molar-refractivity contribution in [3.8, 4) is 11.4 Å². The van der Waals surface area contributed by atoms with Crippen molar-refractivity contribution in [3.05, 3.63) is 66.2 Å². The van der Waals surface area contributed by atoms with Gasteiger partial charge in [0.2, 0.25) is 5.82 Å². The summed E-state index contributed by atoms with van der Waals surface area (Å²) in [4.78, 5) is 15.7. The Morgan fingerprint density at radius 2 is 1.79 bits per heavy atom. The highest BCUT2D eigenvalue weighted by Gasteiger charge is 2.16. The Kier molecular flexibility index (Phi) is 5.14. The number of aryl methyl sites for hydroxylation is 1. The molecule has 10 heteroatoms. The van der Waals surface area contributed by atoms with Gasteiger partial charge in [-0.1, -0.05) is 30.3 Å². The van der Waals surface area contributed by atoms with E-state index >= 15 is 0 Å². The van der Waals surface area contributed by atoms with Gasteiger partial charge in [-0.15, -0.1) is 15.0 Å². The van der Waals surface area contributed by atoms with Crippen molar-refractivity contribution in [1.29, 1.82) is 0 Å². The molecule has 0 radical (unpaired) electrons. The van der Waals surface area contributed by atoms with Crippen molar-refractivity contribution < 1.29 is 4.79 Å². The second kappa shape index (κ2) is 8.05. The summed E-state index contributed by atoms with van der Waals surface area (Å²) in [5, 5.41) is 21.2. The maximum absolute atomic E-state index is 12.6. The molecule has 4 aromatic rings. The van der Waals surface area contributed by atoms with E-state index in [9.17, 15) is 4.79 Å². The maximum atomic E-state index is 12.6. The lowest BCUT2D eigenvalue weighted by Gasteiger charge is -2.14. The first-order valence-corrected chi connectivity index (χ1v) is 9.27. The van der Waals surface area contributed by atoms with Gasteiger partial charge < -0.3 is 4.90 Å². The fourth-order valence-corrected chi connectivity index (χ4v) is 2.86. The molecule has 0 fully saturated rings. The van der Waals surface area contributed by atoms with E-state index in [0.29, 0.717) is 18.1 Å². The molecule has 0 aliphatic heterocycles. The van der Waals surface area contributed by atoms with Crippen molar-refractivity contribution in [3.63, 3.8) is 0 Å². The van der Waals surface area contributed by atoms with E-state index in [0.717, 1.165) is 17.8 Å².